The Labute approximate surface area is 219 Å². The summed E-state index contributed by atoms with van der Waals surface area (Å²) in [6.07, 6.45) is 2.45. The Hall–Kier alpha value is -3.60. The molecule has 5 rings (SSSR count). The molecule has 192 valence electrons. The van der Waals surface area contributed by atoms with Crippen molar-refractivity contribution in [3.8, 4) is 11.1 Å². The van der Waals surface area contributed by atoms with Crippen molar-refractivity contribution in [1.82, 2.24) is 0 Å². The van der Waals surface area contributed by atoms with E-state index >= 15 is 0 Å². The van der Waals surface area contributed by atoms with E-state index in [1.54, 1.807) is 11.9 Å². The molecule has 5 heteroatoms. The zero-order valence-corrected chi connectivity index (χ0v) is 22.1. The molecule has 2 fully saturated rings. The van der Waals surface area contributed by atoms with Crippen molar-refractivity contribution >= 4 is 17.7 Å². The molecule has 0 saturated heterocycles. The average molecular weight is 497 g/mol. The number of hydrogen-bond donors (Lipinski definition) is 1. The molecule has 3 aromatic carbocycles. The van der Waals surface area contributed by atoms with Crippen LogP contribution in [0, 0.1) is 17.3 Å². The third-order valence-electron chi connectivity index (χ3n) is 8.22. The molecule has 2 saturated carbocycles. The largest absolute Gasteiger partial charge is 0.442 e. The molecule has 3 unspecified atom stereocenters. The minimum Gasteiger partial charge on any atom is -0.442 e. The number of hydrogen-bond acceptors (Lipinski definition) is 3. The summed E-state index contributed by atoms with van der Waals surface area (Å²) < 4.78 is 5.97. The van der Waals surface area contributed by atoms with Gasteiger partial charge in [-0.1, -0.05) is 75.4 Å². The Morgan fingerprint density at radius 1 is 0.865 bits per heavy atom. The number of benzene rings is 3. The molecule has 5 nitrogen and oxygen atoms in total. The second-order valence-corrected chi connectivity index (χ2v) is 11.6. The van der Waals surface area contributed by atoms with Crippen LogP contribution in [0.2, 0.25) is 0 Å². The number of nitrogens with two attached hydrogens (primary N) is 1. The molecule has 0 radical (unpaired) electrons. The fourth-order valence-electron chi connectivity index (χ4n) is 6.19. The highest BCUT2D eigenvalue weighted by Crippen LogP contribution is 2.66. The van der Waals surface area contributed by atoms with Gasteiger partial charge in [0.05, 0.1) is 0 Å². The minimum absolute atomic E-state index is 0.0491. The molecule has 3 atom stereocenters. The molecule has 2 N–H and O–H groups in total. The first-order chi connectivity index (χ1) is 17.6. The molecule has 37 heavy (non-hydrogen) atoms. The molecule has 3 aromatic rings. The van der Waals surface area contributed by atoms with E-state index in [-0.39, 0.29) is 17.2 Å². The van der Waals surface area contributed by atoms with E-state index < -0.39 is 11.7 Å². The predicted octanol–water partition coefficient (Wildman–Crippen LogP) is 7.02. The van der Waals surface area contributed by atoms with Gasteiger partial charge in [-0.25, -0.2) is 4.79 Å². The van der Waals surface area contributed by atoms with E-state index in [0.29, 0.717) is 17.4 Å². The van der Waals surface area contributed by atoms with Crippen LogP contribution in [-0.2, 0) is 4.74 Å². The van der Waals surface area contributed by atoms with Crippen molar-refractivity contribution < 1.29 is 14.3 Å². The van der Waals surface area contributed by atoms with Crippen molar-refractivity contribution in [3.05, 3.63) is 90.0 Å². The Balaban J connectivity index is 1.30. The van der Waals surface area contributed by atoms with E-state index in [1.165, 1.54) is 5.56 Å². The SMILES string of the molecule is CN(C(=O)c1ccc(-c2ccccc2)cc1)c1ccc(C2CC2C(OC(N)=O)(C2CC2)C(C)(C)C)cc1. The van der Waals surface area contributed by atoms with Gasteiger partial charge in [-0.3, -0.25) is 4.79 Å². The number of nitrogens with zero attached hydrogens (tertiary/aromatic N) is 1. The van der Waals surface area contributed by atoms with Crippen molar-refractivity contribution in [2.45, 2.75) is 51.6 Å². The number of primary amides is 1. The van der Waals surface area contributed by atoms with Gasteiger partial charge in [0, 0.05) is 29.6 Å². The Morgan fingerprint density at radius 2 is 1.46 bits per heavy atom. The molecule has 0 aliphatic heterocycles. The molecule has 0 bridgehead atoms. The van der Waals surface area contributed by atoms with Gasteiger partial charge in [0.25, 0.3) is 5.91 Å². The zero-order valence-electron chi connectivity index (χ0n) is 22.1. The third kappa shape index (κ3) is 4.75. The van der Waals surface area contributed by atoms with Crippen LogP contribution in [0.5, 0.6) is 0 Å². The number of rotatable bonds is 7. The number of amides is 2. The van der Waals surface area contributed by atoms with E-state index in [1.807, 2.05) is 54.6 Å². The second kappa shape index (κ2) is 9.37. The molecule has 2 amide bonds. The van der Waals surface area contributed by atoms with E-state index in [2.05, 4.69) is 45.0 Å². The standard InChI is InChI=1S/C32H36N2O3/c1-31(2,3)32(25-16-17-25,37-30(33)36)28-20-27(28)23-14-18-26(19-15-23)34(4)29(35)24-12-10-22(11-13-24)21-8-6-5-7-9-21/h5-15,18-19,25,27-28H,16-17,20H2,1-4H3,(H2,33,36). The van der Waals surface area contributed by atoms with E-state index in [0.717, 1.165) is 36.1 Å². The Bertz CT molecular complexity index is 1270. The summed E-state index contributed by atoms with van der Waals surface area (Å²) in [5.41, 5.74) is 9.73. The molecule has 2 aliphatic rings. The quantitative estimate of drug-likeness (QED) is 0.382. The Morgan fingerprint density at radius 3 is 2.00 bits per heavy atom. The smallest absolute Gasteiger partial charge is 0.405 e. The van der Waals surface area contributed by atoms with Gasteiger partial charge in [0.2, 0.25) is 0 Å². The van der Waals surface area contributed by atoms with Gasteiger partial charge in [0.15, 0.2) is 0 Å². The minimum atomic E-state index is -0.681. The van der Waals surface area contributed by atoms with Gasteiger partial charge in [-0.2, -0.15) is 0 Å². The molecule has 0 spiro atoms. The van der Waals surface area contributed by atoms with E-state index in [4.69, 9.17) is 10.5 Å². The highest BCUT2D eigenvalue weighted by atomic mass is 16.6. The van der Waals surface area contributed by atoms with Crippen LogP contribution in [0.25, 0.3) is 11.1 Å². The molecule has 0 heterocycles. The lowest BCUT2D eigenvalue weighted by atomic mass is 9.69. The van der Waals surface area contributed by atoms with E-state index in [9.17, 15) is 9.59 Å². The van der Waals surface area contributed by atoms with Gasteiger partial charge in [-0.15, -0.1) is 0 Å². The zero-order chi connectivity index (χ0) is 26.4. The summed E-state index contributed by atoms with van der Waals surface area (Å²) in [6.45, 7) is 6.46. The molecular weight excluding hydrogens is 460 g/mol. The van der Waals surface area contributed by atoms with Gasteiger partial charge in [0.1, 0.15) is 5.60 Å². The molecule has 2 aliphatic carbocycles. The van der Waals surface area contributed by atoms with Crippen LogP contribution in [-0.4, -0.2) is 24.6 Å². The fourth-order valence-corrected chi connectivity index (χ4v) is 6.19. The highest BCUT2D eigenvalue weighted by molar-refractivity contribution is 6.06. The summed E-state index contributed by atoms with van der Waals surface area (Å²) in [4.78, 5) is 26.8. The summed E-state index contributed by atoms with van der Waals surface area (Å²) in [7, 11) is 1.81. The van der Waals surface area contributed by atoms with Crippen LogP contribution in [0.4, 0.5) is 10.5 Å². The third-order valence-corrected chi connectivity index (χ3v) is 8.22. The molecule has 0 aromatic heterocycles. The number of anilines is 1. The predicted molar refractivity (Wildman–Crippen MR) is 147 cm³/mol. The number of ether oxygens (including phenoxy) is 1. The number of carbonyl (C=O) groups excluding carboxylic acids is 2. The first kappa shape index (κ1) is 25.1. The van der Waals surface area contributed by atoms with Crippen molar-refractivity contribution in [2.75, 3.05) is 11.9 Å². The van der Waals surface area contributed by atoms with Gasteiger partial charge in [-0.05, 0) is 72.1 Å². The van der Waals surface area contributed by atoms with Crippen LogP contribution in [0.1, 0.15) is 61.9 Å². The topological polar surface area (TPSA) is 72.6 Å². The maximum absolute atomic E-state index is 13.2. The summed E-state index contributed by atoms with van der Waals surface area (Å²) in [5.74, 6) is 0.888. The fraction of sp³-hybridized carbons (Fsp3) is 0.375. The highest BCUT2D eigenvalue weighted by Gasteiger charge is 2.66. The first-order valence-electron chi connectivity index (χ1n) is 13.1. The van der Waals surface area contributed by atoms with Crippen LogP contribution >= 0.6 is 0 Å². The average Bonchev–Trinajstić information content (AvgIpc) is 3.81. The van der Waals surface area contributed by atoms with Crippen molar-refractivity contribution in [1.29, 1.82) is 0 Å². The summed E-state index contributed by atoms with van der Waals surface area (Å²) in [6, 6.07) is 26.1. The monoisotopic (exact) mass is 496 g/mol. The van der Waals surface area contributed by atoms with Crippen molar-refractivity contribution in [2.24, 2.45) is 23.0 Å². The maximum atomic E-state index is 13.2. The maximum Gasteiger partial charge on any atom is 0.405 e. The van der Waals surface area contributed by atoms with Gasteiger partial charge >= 0.3 is 6.09 Å². The van der Waals surface area contributed by atoms with Crippen LogP contribution < -0.4 is 10.6 Å². The number of carbonyl (C=O) groups is 2. The lowest BCUT2D eigenvalue weighted by Gasteiger charge is -2.45. The Kier molecular flexibility index (Phi) is 6.35. The van der Waals surface area contributed by atoms with Crippen LogP contribution in [0.15, 0.2) is 78.9 Å². The summed E-state index contributed by atoms with van der Waals surface area (Å²) >= 11 is 0. The normalized spacial score (nSPS) is 20.5. The summed E-state index contributed by atoms with van der Waals surface area (Å²) in [5, 5.41) is 0. The molecular formula is C32H36N2O3. The van der Waals surface area contributed by atoms with Crippen LogP contribution in [0.3, 0.4) is 0 Å². The second-order valence-electron chi connectivity index (χ2n) is 11.6. The first-order valence-corrected chi connectivity index (χ1v) is 13.1. The van der Waals surface area contributed by atoms with Gasteiger partial charge < -0.3 is 15.4 Å². The lowest BCUT2D eigenvalue weighted by molar-refractivity contribution is -0.100. The van der Waals surface area contributed by atoms with Crippen molar-refractivity contribution in [3.63, 3.8) is 0 Å². The lowest BCUT2D eigenvalue weighted by Crippen LogP contribution is -2.52.